The number of carbonyl (C=O) groups is 2. The minimum absolute atomic E-state index is 0.0442. The van der Waals surface area contributed by atoms with Crippen LogP contribution < -0.4 is 4.74 Å². The number of rotatable bonds is 5. The summed E-state index contributed by atoms with van der Waals surface area (Å²) in [6.45, 7) is 0.234. The molecule has 0 spiro atoms. The number of hydrogen-bond donors (Lipinski definition) is 0. The highest BCUT2D eigenvalue weighted by atomic mass is 35.5. The molecule has 1 fully saturated rings. The van der Waals surface area contributed by atoms with Gasteiger partial charge in [-0.25, -0.2) is 0 Å². The van der Waals surface area contributed by atoms with Gasteiger partial charge in [0.15, 0.2) is 0 Å². The largest absolute Gasteiger partial charge is 0.488 e. The van der Waals surface area contributed by atoms with Crippen LogP contribution in [0.3, 0.4) is 0 Å². The number of thioether (sulfide) groups is 1. The Hall–Kier alpha value is -2.39. The lowest BCUT2D eigenvalue weighted by molar-refractivity contribution is -0.122. The van der Waals surface area contributed by atoms with Crippen LogP contribution in [0, 0.1) is 12.3 Å². The van der Waals surface area contributed by atoms with E-state index in [4.69, 9.17) is 34.4 Å². The van der Waals surface area contributed by atoms with Gasteiger partial charge in [-0.05, 0) is 41.6 Å². The van der Waals surface area contributed by atoms with Gasteiger partial charge < -0.3 is 4.74 Å². The summed E-state index contributed by atoms with van der Waals surface area (Å²) in [5.74, 6) is 2.49. The number of imide groups is 1. The molecule has 0 radical (unpaired) electrons. The van der Waals surface area contributed by atoms with Gasteiger partial charge in [0.05, 0.1) is 21.5 Å². The van der Waals surface area contributed by atoms with Gasteiger partial charge in [-0.15, -0.1) is 6.42 Å². The van der Waals surface area contributed by atoms with Crippen molar-refractivity contribution in [2.75, 3.05) is 6.54 Å². The summed E-state index contributed by atoms with van der Waals surface area (Å²) in [7, 11) is 0. The van der Waals surface area contributed by atoms with E-state index >= 15 is 0 Å². The number of nitrogens with zero attached hydrogens (tertiary/aromatic N) is 1. The van der Waals surface area contributed by atoms with Crippen LogP contribution in [0.2, 0.25) is 10.0 Å². The first-order chi connectivity index (χ1) is 13.0. The molecular formula is C20H13Cl2NO3S. The van der Waals surface area contributed by atoms with E-state index in [1.54, 1.807) is 30.3 Å². The van der Waals surface area contributed by atoms with Crippen molar-refractivity contribution in [2.45, 2.75) is 6.61 Å². The molecule has 0 atom stereocenters. The highest BCUT2D eigenvalue weighted by Gasteiger charge is 2.34. The van der Waals surface area contributed by atoms with Crippen LogP contribution in [0.4, 0.5) is 4.79 Å². The number of amides is 2. The Morgan fingerprint density at radius 2 is 1.93 bits per heavy atom. The number of terminal acetylenes is 1. The lowest BCUT2D eigenvalue weighted by Gasteiger charge is -2.10. The van der Waals surface area contributed by atoms with Crippen molar-refractivity contribution in [2.24, 2.45) is 0 Å². The monoisotopic (exact) mass is 417 g/mol. The average Bonchev–Trinajstić information content (AvgIpc) is 2.91. The van der Waals surface area contributed by atoms with E-state index in [9.17, 15) is 9.59 Å². The summed E-state index contributed by atoms with van der Waals surface area (Å²) < 4.78 is 5.87. The molecule has 1 aliphatic rings. The van der Waals surface area contributed by atoms with Crippen LogP contribution >= 0.6 is 35.0 Å². The van der Waals surface area contributed by atoms with Gasteiger partial charge in [-0.2, -0.15) is 0 Å². The van der Waals surface area contributed by atoms with Gasteiger partial charge >= 0.3 is 0 Å². The first kappa shape index (κ1) is 19.4. The van der Waals surface area contributed by atoms with Crippen LogP contribution in [0.15, 0.2) is 47.4 Å². The van der Waals surface area contributed by atoms with Crippen molar-refractivity contribution in [3.63, 3.8) is 0 Å². The average molecular weight is 418 g/mol. The maximum atomic E-state index is 12.3. The van der Waals surface area contributed by atoms with Crippen LogP contribution in [0.5, 0.6) is 5.75 Å². The first-order valence-corrected chi connectivity index (χ1v) is 9.41. The summed E-state index contributed by atoms with van der Waals surface area (Å²) in [5, 5.41) is 0.551. The third kappa shape index (κ3) is 4.48. The van der Waals surface area contributed by atoms with Crippen molar-refractivity contribution in [3.8, 4) is 18.1 Å². The predicted octanol–water partition coefficient (Wildman–Crippen LogP) is 5.24. The summed E-state index contributed by atoms with van der Waals surface area (Å²) in [4.78, 5) is 25.6. The van der Waals surface area contributed by atoms with E-state index in [0.717, 1.165) is 22.2 Å². The maximum Gasteiger partial charge on any atom is 0.294 e. The zero-order valence-corrected chi connectivity index (χ0v) is 16.3. The molecule has 0 N–H and O–H groups in total. The molecule has 2 aromatic carbocycles. The number of ether oxygens (including phenoxy) is 1. The number of halogens is 2. The molecule has 7 heteroatoms. The molecule has 1 saturated heterocycles. The van der Waals surface area contributed by atoms with Crippen molar-refractivity contribution >= 4 is 52.2 Å². The minimum atomic E-state index is -0.401. The Morgan fingerprint density at radius 3 is 2.67 bits per heavy atom. The zero-order chi connectivity index (χ0) is 19.4. The van der Waals surface area contributed by atoms with Gasteiger partial charge in [-0.1, -0.05) is 53.4 Å². The summed E-state index contributed by atoms with van der Waals surface area (Å²) in [5.41, 5.74) is 1.54. The second kappa shape index (κ2) is 8.53. The quantitative estimate of drug-likeness (QED) is 0.492. The molecule has 0 bridgehead atoms. The minimum Gasteiger partial charge on any atom is -0.488 e. The predicted molar refractivity (Wildman–Crippen MR) is 109 cm³/mol. The normalized spacial score (nSPS) is 15.3. The third-order valence-corrected chi connectivity index (χ3v) is 5.35. The Labute approximate surface area is 171 Å². The van der Waals surface area contributed by atoms with Crippen molar-refractivity contribution in [1.82, 2.24) is 4.90 Å². The Morgan fingerprint density at radius 1 is 1.15 bits per heavy atom. The van der Waals surface area contributed by atoms with Crippen LogP contribution in [-0.4, -0.2) is 22.6 Å². The zero-order valence-electron chi connectivity index (χ0n) is 13.9. The van der Waals surface area contributed by atoms with Crippen molar-refractivity contribution in [1.29, 1.82) is 0 Å². The van der Waals surface area contributed by atoms with E-state index in [1.165, 1.54) is 0 Å². The van der Waals surface area contributed by atoms with Gasteiger partial charge in [-0.3, -0.25) is 14.5 Å². The Bertz CT molecular complexity index is 981. The molecule has 3 rings (SSSR count). The highest BCUT2D eigenvalue weighted by molar-refractivity contribution is 8.18. The third-order valence-electron chi connectivity index (χ3n) is 3.71. The molecule has 0 saturated carbocycles. The lowest BCUT2D eigenvalue weighted by atomic mass is 10.1. The van der Waals surface area contributed by atoms with Gasteiger partial charge in [0, 0.05) is 5.56 Å². The molecule has 0 unspecified atom stereocenters. The van der Waals surface area contributed by atoms with E-state index < -0.39 is 5.91 Å². The highest BCUT2D eigenvalue weighted by Crippen LogP contribution is 2.34. The van der Waals surface area contributed by atoms with E-state index in [2.05, 4.69) is 5.92 Å². The van der Waals surface area contributed by atoms with Crippen LogP contribution in [0.1, 0.15) is 11.1 Å². The molecule has 2 amide bonds. The molecule has 0 aromatic heterocycles. The molecule has 2 aromatic rings. The molecular weight excluding hydrogens is 405 g/mol. The van der Waals surface area contributed by atoms with Gasteiger partial charge in [0.25, 0.3) is 11.1 Å². The summed E-state index contributed by atoms with van der Waals surface area (Å²) >= 11 is 12.8. The molecule has 136 valence electrons. The first-order valence-electron chi connectivity index (χ1n) is 7.84. The SMILES string of the molecule is C#CCN1C(=O)S/C(=C/c2ccccc2OCc2ccc(Cl)c(Cl)c2)C1=O. The topological polar surface area (TPSA) is 46.6 Å². The fraction of sp³-hybridized carbons (Fsp3) is 0.100. The smallest absolute Gasteiger partial charge is 0.294 e. The Kier molecular flexibility index (Phi) is 6.12. The molecule has 1 aliphatic heterocycles. The maximum absolute atomic E-state index is 12.3. The molecule has 4 nitrogen and oxygen atoms in total. The van der Waals surface area contributed by atoms with E-state index in [-0.39, 0.29) is 18.4 Å². The number of hydrogen-bond acceptors (Lipinski definition) is 4. The van der Waals surface area contributed by atoms with Crippen LogP contribution in [-0.2, 0) is 11.4 Å². The number of carbonyl (C=O) groups excluding carboxylic acids is 2. The summed E-state index contributed by atoms with van der Waals surface area (Å²) in [6.07, 6.45) is 6.84. The fourth-order valence-electron chi connectivity index (χ4n) is 2.39. The van der Waals surface area contributed by atoms with Crippen LogP contribution in [0.25, 0.3) is 6.08 Å². The number of benzene rings is 2. The van der Waals surface area contributed by atoms with Gasteiger partial charge in [0.2, 0.25) is 0 Å². The Balaban J connectivity index is 1.80. The molecule has 1 heterocycles. The molecule has 27 heavy (non-hydrogen) atoms. The summed E-state index contributed by atoms with van der Waals surface area (Å²) in [6, 6.07) is 12.5. The van der Waals surface area contributed by atoms with E-state index in [0.29, 0.717) is 26.3 Å². The van der Waals surface area contributed by atoms with Crippen molar-refractivity contribution < 1.29 is 14.3 Å². The fourth-order valence-corrected chi connectivity index (χ4v) is 3.54. The van der Waals surface area contributed by atoms with E-state index in [1.807, 2.05) is 18.2 Å². The lowest BCUT2D eigenvalue weighted by Crippen LogP contribution is -2.28. The second-order valence-corrected chi connectivity index (χ2v) is 7.35. The second-order valence-electron chi connectivity index (χ2n) is 5.55. The molecule has 0 aliphatic carbocycles. The standard InChI is InChI=1S/C20H13Cl2NO3S/c1-2-9-23-19(24)18(27-20(23)25)11-14-5-3-4-6-17(14)26-12-13-7-8-15(21)16(22)10-13/h1,3-8,10-11H,9,12H2/b18-11+. The van der Waals surface area contributed by atoms with Gasteiger partial charge in [0.1, 0.15) is 12.4 Å². The van der Waals surface area contributed by atoms with Crippen molar-refractivity contribution in [3.05, 3.63) is 68.5 Å². The number of para-hydroxylation sites is 1.